The zero-order valence-electron chi connectivity index (χ0n) is 10.9. The van der Waals surface area contributed by atoms with E-state index in [1.807, 2.05) is 17.6 Å². The molecule has 0 radical (unpaired) electrons. The van der Waals surface area contributed by atoms with Crippen LogP contribution < -0.4 is 16.8 Å². The highest BCUT2D eigenvalue weighted by molar-refractivity contribution is 5.92. The number of carbonyl (C=O) groups is 1. The summed E-state index contributed by atoms with van der Waals surface area (Å²) in [6.45, 7) is 0.128. The minimum absolute atomic E-state index is 0.0689. The van der Waals surface area contributed by atoms with E-state index in [4.69, 9.17) is 10.3 Å². The van der Waals surface area contributed by atoms with Crippen LogP contribution in [-0.4, -0.2) is 15.7 Å². The van der Waals surface area contributed by atoms with Crippen LogP contribution >= 0.6 is 0 Å². The maximum absolute atomic E-state index is 12.3. The number of benzene rings is 1. The number of aromatic nitrogens is 2. The molecule has 0 saturated heterocycles. The summed E-state index contributed by atoms with van der Waals surface area (Å²) in [4.78, 5) is 23.9. The molecule has 3 aromatic rings. The number of furan rings is 1. The molecule has 0 aliphatic rings. The monoisotopic (exact) mass is 284 g/mol. The number of nitrogens with two attached hydrogens (primary N) is 1. The van der Waals surface area contributed by atoms with Gasteiger partial charge in [0.05, 0.1) is 24.4 Å². The zero-order valence-corrected chi connectivity index (χ0v) is 10.9. The molecule has 0 atom stereocenters. The normalized spacial score (nSPS) is 10.7. The van der Waals surface area contributed by atoms with Gasteiger partial charge in [0.2, 0.25) is 0 Å². The van der Waals surface area contributed by atoms with E-state index >= 15 is 0 Å². The van der Waals surface area contributed by atoms with Crippen molar-refractivity contribution in [2.75, 3.05) is 0 Å². The predicted molar refractivity (Wildman–Crippen MR) is 75.5 cm³/mol. The van der Waals surface area contributed by atoms with E-state index in [2.05, 4.69) is 5.10 Å². The van der Waals surface area contributed by atoms with Gasteiger partial charge in [-0.3, -0.25) is 15.0 Å². The zero-order chi connectivity index (χ0) is 14.8. The van der Waals surface area contributed by atoms with Gasteiger partial charge < -0.3 is 4.42 Å². The highest BCUT2D eigenvalue weighted by atomic mass is 16.3. The van der Waals surface area contributed by atoms with Gasteiger partial charge in [0.1, 0.15) is 0 Å². The van der Waals surface area contributed by atoms with Crippen LogP contribution in [0.3, 0.4) is 0 Å². The van der Waals surface area contributed by atoms with E-state index < -0.39 is 5.91 Å². The first kappa shape index (κ1) is 13.1. The van der Waals surface area contributed by atoms with Crippen LogP contribution in [0.25, 0.3) is 10.8 Å². The molecule has 0 saturated carbocycles. The third kappa shape index (κ3) is 2.30. The van der Waals surface area contributed by atoms with Crippen LogP contribution in [-0.2, 0) is 6.54 Å². The molecule has 3 rings (SSSR count). The van der Waals surface area contributed by atoms with Gasteiger partial charge >= 0.3 is 5.91 Å². The van der Waals surface area contributed by atoms with Crippen LogP contribution in [0.1, 0.15) is 16.1 Å². The summed E-state index contributed by atoms with van der Waals surface area (Å²) in [5.74, 6) is 4.60. The van der Waals surface area contributed by atoms with Crippen LogP contribution in [0, 0.1) is 0 Å². The number of carbonyl (C=O) groups excluding carboxylic acids is 1. The summed E-state index contributed by atoms with van der Waals surface area (Å²) < 4.78 is 6.36. The van der Waals surface area contributed by atoms with Gasteiger partial charge in [0.25, 0.3) is 5.56 Å². The predicted octanol–water partition coefficient (Wildman–Crippen LogP) is 0.641. The third-order valence-corrected chi connectivity index (χ3v) is 3.17. The minimum Gasteiger partial charge on any atom is -0.459 e. The lowest BCUT2D eigenvalue weighted by molar-refractivity contribution is 0.0924. The lowest BCUT2D eigenvalue weighted by Crippen LogP contribution is -2.31. The minimum atomic E-state index is -0.552. The maximum atomic E-state index is 12.3. The molecule has 1 aromatic carbocycles. The van der Waals surface area contributed by atoms with Gasteiger partial charge in [-0.15, -0.1) is 0 Å². The molecule has 1 amide bonds. The van der Waals surface area contributed by atoms with Crippen molar-refractivity contribution >= 4 is 16.7 Å². The van der Waals surface area contributed by atoms with Crippen LogP contribution in [0.2, 0.25) is 0 Å². The number of hydrogen-bond acceptors (Lipinski definition) is 5. The molecule has 3 N–H and O–H groups in total. The van der Waals surface area contributed by atoms with Crippen molar-refractivity contribution in [2.24, 2.45) is 5.84 Å². The Hall–Kier alpha value is -2.93. The number of hydrogen-bond donors (Lipinski definition) is 2. The Morgan fingerprint density at radius 3 is 2.95 bits per heavy atom. The average molecular weight is 284 g/mol. The SMILES string of the molecule is NNC(=O)c1occc1Cn1ncc2ccccc2c1=O. The Labute approximate surface area is 118 Å². The fraction of sp³-hybridized carbons (Fsp3) is 0.0714. The summed E-state index contributed by atoms with van der Waals surface area (Å²) in [5.41, 5.74) is 2.30. The lowest BCUT2D eigenvalue weighted by Gasteiger charge is -2.05. The van der Waals surface area contributed by atoms with Crippen LogP contribution in [0.15, 0.2) is 52.0 Å². The lowest BCUT2D eigenvalue weighted by atomic mass is 10.2. The van der Waals surface area contributed by atoms with Crippen LogP contribution in [0.4, 0.5) is 0 Å². The molecule has 21 heavy (non-hydrogen) atoms. The van der Waals surface area contributed by atoms with Gasteiger partial charge in [0.15, 0.2) is 5.76 Å². The molecule has 0 aliphatic heterocycles. The van der Waals surface area contributed by atoms with Crippen molar-refractivity contribution in [3.8, 4) is 0 Å². The maximum Gasteiger partial charge on any atom is 0.301 e. The van der Waals surface area contributed by atoms with E-state index in [-0.39, 0.29) is 17.9 Å². The van der Waals surface area contributed by atoms with Gasteiger partial charge in [-0.05, 0) is 12.1 Å². The molecule has 2 aromatic heterocycles. The van der Waals surface area contributed by atoms with Crippen molar-refractivity contribution in [2.45, 2.75) is 6.54 Å². The molecule has 106 valence electrons. The molecular weight excluding hydrogens is 272 g/mol. The molecule has 7 heteroatoms. The Balaban J connectivity index is 2.03. The highest BCUT2D eigenvalue weighted by Gasteiger charge is 2.15. The number of amides is 1. The smallest absolute Gasteiger partial charge is 0.301 e. The molecule has 0 fully saturated rings. The summed E-state index contributed by atoms with van der Waals surface area (Å²) >= 11 is 0. The first-order valence-electron chi connectivity index (χ1n) is 6.23. The van der Waals surface area contributed by atoms with E-state index in [9.17, 15) is 9.59 Å². The standard InChI is InChI=1S/C14H12N4O3/c15-17-13(19)12-10(5-6-21-12)8-18-14(20)11-4-2-1-3-9(11)7-16-18/h1-7H,8,15H2,(H,17,19). The molecule has 0 unspecified atom stereocenters. The van der Waals surface area contributed by atoms with E-state index in [1.165, 1.54) is 10.9 Å². The summed E-state index contributed by atoms with van der Waals surface area (Å²) in [6.07, 6.45) is 2.98. The second-order valence-electron chi connectivity index (χ2n) is 4.44. The van der Waals surface area contributed by atoms with Crippen LogP contribution in [0.5, 0.6) is 0 Å². The number of nitrogen functional groups attached to an aromatic ring is 1. The van der Waals surface area contributed by atoms with Gasteiger partial charge in [-0.1, -0.05) is 18.2 Å². The van der Waals surface area contributed by atoms with Crippen molar-refractivity contribution in [3.63, 3.8) is 0 Å². The highest BCUT2D eigenvalue weighted by Crippen LogP contribution is 2.12. The second-order valence-corrected chi connectivity index (χ2v) is 4.44. The molecular formula is C14H12N4O3. The van der Waals surface area contributed by atoms with Crippen molar-refractivity contribution < 1.29 is 9.21 Å². The van der Waals surface area contributed by atoms with E-state index in [0.717, 1.165) is 5.39 Å². The first-order chi connectivity index (χ1) is 10.2. The quantitative estimate of drug-likeness (QED) is 0.417. The number of hydrazine groups is 1. The van der Waals surface area contributed by atoms with Crippen molar-refractivity contribution in [1.29, 1.82) is 0 Å². The topological polar surface area (TPSA) is 103 Å². The Morgan fingerprint density at radius 1 is 1.33 bits per heavy atom. The van der Waals surface area contributed by atoms with E-state index in [1.54, 1.807) is 24.4 Å². The summed E-state index contributed by atoms with van der Waals surface area (Å²) in [5, 5.41) is 5.45. The Bertz CT molecular complexity index is 866. The Kier molecular flexibility index (Phi) is 3.25. The molecule has 0 bridgehead atoms. The molecule has 2 heterocycles. The number of fused-ring (bicyclic) bond motifs is 1. The number of nitrogens with one attached hydrogen (secondary N) is 1. The van der Waals surface area contributed by atoms with Crippen molar-refractivity contribution in [1.82, 2.24) is 15.2 Å². The van der Waals surface area contributed by atoms with E-state index in [0.29, 0.717) is 10.9 Å². The molecule has 7 nitrogen and oxygen atoms in total. The van der Waals surface area contributed by atoms with Crippen molar-refractivity contribution in [3.05, 3.63) is 64.5 Å². The second kappa shape index (κ2) is 5.22. The molecule has 0 spiro atoms. The fourth-order valence-corrected chi connectivity index (χ4v) is 2.13. The first-order valence-corrected chi connectivity index (χ1v) is 6.23. The number of rotatable bonds is 3. The van der Waals surface area contributed by atoms with Gasteiger partial charge in [-0.2, -0.15) is 5.10 Å². The summed E-state index contributed by atoms with van der Waals surface area (Å²) in [7, 11) is 0. The third-order valence-electron chi connectivity index (χ3n) is 3.17. The van der Waals surface area contributed by atoms with Gasteiger partial charge in [0, 0.05) is 10.9 Å². The molecule has 0 aliphatic carbocycles. The fourth-order valence-electron chi connectivity index (χ4n) is 2.13. The Morgan fingerprint density at radius 2 is 2.14 bits per heavy atom. The average Bonchev–Trinajstić information content (AvgIpc) is 2.98. The number of nitrogens with zero attached hydrogens (tertiary/aromatic N) is 2. The van der Waals surface area contributed by atoms with Gasteiger partial charge in [-0.25, -0.2) is 10.5 Å². The summed E-state index contributed by atoms with van der Waals surface area (Å²) in [6, 6.07) is 8.79. The largest absolute Gasteiger partial charge is 0.459 e.